The molecule has 0 saturated heterocycles. The minimum atomic E-state index is 0.358. The second-order valence-corrected chi connectivity index (χ2v) is 5.13. The number of hydrogen-bond acceptors (Lipinski definition) is 3. The lowest BCUT2D eigenvalue weighted by atomic mass is 10.2. The lowest BCUT2D eigenvalue weighted by Crippen LogP contribution is -2.14. The molecule has 0 aliphatic rings. The van der Waals surface area contributed by atoms with Crippen LogP contribution in [0.3, 0.4) is 0 Å². The van der Waals surface area contributed by atoms with Gasteiger partial charge in [0.05, 0.1) is 18.4 Å². The van der Waals surface area contributed by atoms with Crippen LogP contribution in [-0.4, -0.2) is 19.6 Å². The van der Waals surface area contributed by atoms with E-state index in [1.165, 1.54) is 5.69 Å². The minimum absolute atomic E-state index is 0.358. The molecule has 1 N–H and O–H groups in total. The molecule has 0 amide bonds. The van der Waals surface area contributed by atoms with Gasteiger partial charge >= 0.3 is 0 Å². The van der Waals surface area contributed by atoms with Crippen molar-refractivity contribution in [1.29, 1.82) is 0 Å². The predicted octanol–water partition coefficient (Wildman–Crippen LogP) is 3.24. The highest BCUT2D eigenvalue weighted by atomic mass is 15.3. The molecule has 0 unspecified atom stereocenters. The summed E-state index contributed by atoms with van der Waals surface area (Å²) in [6, 6.07) is 4.86. The first-order valence-electron chi connectivity index (χ1n) is 6.93. The van der Waals surface area contributed by atoms with Crippen LogP contribution in [0.25, 0.3) is 0 Å². The summed E-state index contributed by atoms with van der Waals surface area (Å²) < 4.78 is 4.08. The molecule has 19 heavy (non-hydrogen) atoms. The van der Waals surface area contributed by atoms with Crippen molar-refractivity contribution < 1.29 is 0 Å². The molecular weight excluding hydrogens is 238 g/mol. The lowest BCUT2D eigenvalue weighted by molar-refractivity contribution is 0.462. The van der Waals surface area contributed by atoms with E-state index in [-0.39, 0.29) is 0 Å². The maximum Gasteiger partial charge on any atom is 0.124 e. The Morgan fingerprint density at radius 2 is 1.79 bits per heavy atom. The van der Waals surface area contributed by atoms with Crippen molar-refractivity contribution in [3.05, 3.63) is 30.2 Å². The van der Waals surface area contributed by atoms with E-state index in [1.54, 1.807) is 0 Å². The standard InChI is InChI=1S/C14H23N5/c1-5-12(4)19-13(6-8-17-19)10-15-14-7-9-16-18(14)11(2)3/h6-9,11-12,15H,5,10H2,1-4H3/t12-/m0/s1. The molecule has 0 radical (unpaired) electrons. The molecule has 2 rings (SSSR count). The number of nitrogens with zero attached hydrogens (tertiary/aromatic N) is 4. The smallest absolute Gasteiger partial charge is 0.124 e. The first kappa shape index (κ1) is 13.6. The Hall–Kier alpha value is -1.78. The van der Waals surface area contributed by atoms with Crippen molar-refractivity contribution in [2.45, 2.75) is 52.7 Å². The van der Waals surface area contributed by atoms with Crippen LogP contribution in [0, 0.1) is 0 Å². The summed E-state index contributed by atoms with van der Waals surface area (Å²) in [5.74, 6) is 1.05. The Balaban J connectivity index is 2.07. The van der Waals surface area contributed by atoms with Gasteiger partial charge in [0.1, 0.15) is 5.82 Å². The van der Waals surface area contributed by atoms with Crippen molar-refractivity contribution in [2.24, 2.45) is 0 Å². The number of anilines is 1. The van der Waals surface area contributed by atoms with Crippen LogP contribution in [0.2, 0.25) is 0 Å². The molecule has 5 nitrogen and oxygen atoms in total. The SMILES string of the molecule is CC[C@H](C)n1nccc1CNc1ccnn1C(C)C. The monoisotopic (exact) mass is 261 g/mol. The highest BCUT2D eigenvalue weighted by Crippen LogP contribution is 2.16. The molecule has 2 aromatic rings. The molecule has 2 heterocycles. The maximum absolute atomic E-state index is 4.40. The Bertz CT molecular complexity index is 511. The maximum atomic E-state index is 4.40. The van der Waals surface area contributed by atoms with Crippen LogP contribution in [0.1, 0.15) is 51.9 Å². The molecule has 0 aromatic carbocycles. The van der Waals surface area contributed by atoms with Gasteiger partial charge in [0.25, 0.3) is 0 Å². The summed E-state index contributed by atoms with van der Waals surface area (Å²) in [6.07, 6.45) is 4.77. The van der Waals surface area contributed by atoms with Crippen LogP contribution < -0.4 is 5.32 Å². The zero-order valence-electron chi connectivity index (χ0n) is 12.2. The third kappa shape index (κ3) is 2.97. The third-order valence-corrected chi connectivity index (χ3v) is 3.37. The van der Waals surface area contributed by atoms with E-state index >= 15 is 0 Å². The molecule has 0 aliphatic carbocycles. The van der Waals surface area contributed by atoms with Gasteiger partial charge in [-0.05, 0) is 33.3 Å². The average molecular weight is 261 g/mol. The number of aromatic nitrogens is 4. The van der Waals surface area contributed by atoms with Crippen molar-refractivity contribution in [3.63, 3.8) is 0 Å². The molecule has 2 aromatic heterocycles. The fourth-order valence-corrected chi connectivity index (χ4v) is 2.10. The minimum Gasteiger partial charge on any atom is -0.365 e. The quantitative estimate of drug-likeness (QED) is 0.868. The normalized spacial score (nSPS) is 12.9. The Kier molecular flexibility index (Phi) is 4.24. The topological polar surface area (TPSA) is 47.7 Å². The van der Waals surface area contributed by atoms with E-state index < -0.39 is 0 Å². The fraction of sp³-hybridized carbons (Fsp3) is 0.571. The molecule has 104 valence electrons. The van der Waals surface area contributed by atoms with Gasteiger partial charge < -0.3 is 5.32 Å². The van der Waals surface area contributed by atoms with Gasteiger partial charge in [-0.25, -0.2) is 4.68 Å². The van der Waals surface area contributed by atoms with Crippen LogP contribution >= 0.6 is 0 Å². The van der Waals surface area contributed by atoms with E-state index in [4.69, 9.17) is 0 Å². The second kappa shape index (κ2) is 5.91. The first-order chi connectivity index (χ1) is 9.13. The average Bonchev–Trinajstić information content (AvgIpc) is 3.03. The Morgan fingerprint density at radius 3 is 2.47 bits per heavy atom. The molecule has 0 aliphatic heterocycles. The third-order valence-electron chi connectivity index (χ3n) is 3.37. The summed E-state index contributed by atoms with van der Waals surface area (Å²) in [5.41, 5.74) is 1.20. The summed E-state index contributed by atoms with van der Waals surface area (Å²) in [4.78, 5) is 0. The van der Waals surface area contributed by atoms with Gasteiger partial charge in [0, 0.05) is 24.3 Å². The molecule has 0 fully saturated rings. The zero-order chi connectivity index (χ0) is 13.8. The number of hydrogen-bond donors (Lipinski definition) is 1. The van der Waals surface area contributed by atoms with Gasteiger partial charge in [-0.2, -0.15) is 10.2 Å². The zero-order valence-corrected chi connectivity index (χ0v) is 12.2. The van der Waals surface area contributed by atoms with Crippen molar-refractivity contribution in [2.75, 3.05) is 5.32 Å². The molecule has 0 saturated carbocycles. The van der Waals surface area contributed by atoms with E-state index in [9.17, 15) is 0 Å². The van der Waals surface area contributed by atoms with E-state index in [1.807, 2.05) is 23.1 Å². The highest BCUT2D eigenvalue weighted by molar-refractivity contribution is 5.34. The second-order valence-electron chi connectivity index (χ2n) is 5.13. The van der Waals surface area contributed by atoms with Crippen molar-refractivity contribution in [1.82, 2.24) is 19.6 Å². The molecular formula is C14H23N5. The van der Waals surface area contributed by atoms with E-state index in [0.29, 0.717) is 12.1 Å². The Morgan fingerprint density at radius 1 is 1.11 bits per heavy atom. The van der Waals surface area contributed by atoms with E-state index in [2.05, 4.69) is 54.0 Å². The number of rotatable bonds is 6. The molecule has 5 heteroatoms. The summed E-state index contributed by atoms with van der Waals surface area (Å²) in [7, 11) is 0. The molecule has 0 bridgehead atoms. The van der Waals surface area contributed by atoms with Gasteiger partial charge in [-0.15, -0.1) is 0 Å². The largest absolute Gasteiger partial charge is 0.365 e. The van der Waals surface area contributed by atoms with Gasteiger partial charge in [-0.3, -0.25) is 4.68 Å². The van der Waals surface area contributed by atoms with Gasteiger partial charge in [-0.1, -0.05) is 6.92 Å². The summed E-state index contributed by atoms with van der Waals surface area (Å²) in [5, 5.41) is 12.2. The Labute approximate surface area is 114 Å². The van der Waals surface area contributed by atoms with Crippen LogP contribution in [0.15, 0.2) is 24.5 Å². The fourth-order valence-electron chi connectivity index (χ4n) is 2.10. The van der Waals surface area contributed by atoms with E-state index in [0.717, 1.165) is 18.8 Å². The summed E-state index contributed by atoms with van der Waals surface area (Å²) >= 11 is 0. The van der Waals surface area contributed by atoms with Crippen LogP contribution in [0.4, 0.5) is 5.82 Å². The predicted molar refractivity (Wildman–Crippen MR) is 77.2 cm³/mol. The van der Waals surface area contributed by atoms with Crippen molar-refractivity contribution >= 4 is 5.82 Å². The highest BCUT2D eigenvalue weighted by Gasteiger charge is 2.10. The first-order valence-corrected chi connectivity index (χ1v) is 6.93. The number of nitrogens with one attached hydrogen (secondary N) is 1. The summed E-state index contributed by atoms with van der Waals surface area (Å²) in [6.45, 7) is 9.39. The van der Waals surface area contributed by atoms with Gasteiger partial charge in [0.15, 0.2) is 0 Å². The van der Waals surface area contributed by atoms with Crippen molar-refractivity contribution in [3.8, 4) is 0 Å². The lowest BCUT2D eigenvalue weighted by Gasteiger charge is -2.16. The van der Waals surface area contributed by atoms with Crippen LogP contribution in [0.5, 0.6) is 0 Å². The van der Waals surface area contributed by atoms with Crippen LogP contribution in [-0.2, 0) is 6.54 Å². The molecule has 0 spiro atoms. The van der Waals surface area contributed by atoms with Gasteiger partial charge in [0.2, 0.25) is 0 Å². The molecule has 1 atom stereocenters.